The minimum atomic E-state index is -0.552. The van der Waals surface area contributed by atoms with Gasteiger partial charge in [-0.2, -0.15) is 0 Å². The maximum atomic E-state index is 12.1. The molecule has 0 aliphatic rings. The number of anilines is 2. The van der Waals surface area contributed by atoms with Gasteiger partial charge in [-0.05, 0) is 74.7 Å². The zero-order valence-corrected chi connectivity index (χ0v) is 29.2. The molecule has 0 bridgehead atoms. The molecule has 2 N–H and O–H groups in total. The largest absolute Gasteiger partial charge is 0.444 e. The molecule has 0 fully saturated rings. The van der Waals surface area contributed by atoms with E-state index in [2.05, 4.69) is 41.0 Å². The second kappa shape index (κ2) is 14.6. The molecule has 0 saturated carbocycles. The van der Waals surface area contributed by atoms with Crippen molar-refractivity contribution in [1.29, 1.82) is 0 Å². The molecular formula is C33H36N10O3Pt. The van der Waals surface area contributed by atoms with Crippen molar-refractivity contribution in [3.8, 4) is 23.0 Å². The number of aromatic nitrogens is 8. The van der Waals surface area contributed by atoms with E-state index >= 15 is 0 Å². The summed E-state index contributed by atoms with van der Waals surface area (Å²) in [4.78, 5) is 32.5. The molecule has 246 valence electrons. The van der Waals surface area contributed by atoms with Crippen LogP contribution in [0, 0.1) is 5.41 Å². The number of ether oxygens (including phenoxy) is 1. The molecule has 0 unspecified atom stereocenters. The monoisotopic (exact) mass is 815 g/mol. The van der Waals surface area contributed by atoms with Crippen LogP contribution in [0.15, 0.2) is 85.5 Å². The van der Waals surface area contributed by atoms with Crippen LogP contribution in [0.4, 0.5) is 16.2 Å². The second-order valence-electron chi connectivity index (χ2n) is 12.7. The molecular weight excluding hydrogens is 780 g/mol. The standard InChI is InChI=1S/C17H19N5O.C16H17N5O2.Pt/c1-17(2,3)10-15(23)19-12-7-8-14-20-21-16(22(14)11-12)13-6-4-5-9-18-13;1-16(2,3)23-15(22)18-11-7-8-13-19-20-14(21(13)10-11)12-6-4-5-9-17-12;/h4-9,11H,10H2,1-3H3,(H,19,23);4-10H,1-3H3,(H,18,22);. The van der Waals surface area contributed by atoms with Gasteiger partial charge >= 0.3 is 6.09 Å². The SMILES string of the molecule is CC(C)(C)CC(=O)Nc1ccc2nnc(-c3ccccn3)n2c1.CC(C)(C)OC(=O)Nc1ccc2nnc(-c3ccccn3)n2c1.[Pt]. The Labute approximate surface area is 286 Å². The Hall–Kier alpha value is -5.03. The minimum absolute atomic E-state index is 0. The molecule has 0 aliphatic heterocycles. The molecule has 0 aromatic carbocycles. The average molecular weight is 816 g/mol. The second-order valence-corrected chi connectivity index (χ2v) is 12.7. The fourth-order valence-electron chi connectivity index (χ4n) is 4.38. The summed E-state index contributed by atoms with van der Waals surface area (Å²) in [5.74, 6) is 1.24. The number of nitrogens with one attached hydrogen (secondary N) is 2. The number of carbonyl (C=O) groups excluding carboxylic acids is 2. The van der Waals surface area contributed by atoms with Crippen molar-refractivity contribution in [3.63, 3.8) is 0 Å². The summed E-state index contributed by atoms with van der Waals surface area (Å²) in [5.41, 5.74) is 3.51. The number of fused-ring (bicyclic) bond motifs is 2. The fourth-order valence-corrected chi connectivity index (χ4v) is 4.38. The van der Waals surface area contributed by atoms with Crippen LogP contribution >= 0.6 is 0 Å². The van der Waals surface area contributed by atoms with Gasteiger partial charge in [0.05, 0.1) is 11.4 Å². The van der Waals surface area contributed by atoms with Crippen LogP contribution in [0.1, 0.15) is 48.0 Å². The quantitative estimate of drug-likeness (QED) is 0.204. The molecule has 14 heteroatoms. The fraction of sp³-hybridized carbons (Fsp3) is 0.273. The van der Waals surface area contributed by atoms with Gasteiger partial charge in [0.2, 0.25) is 5.91 Å². The first kappa shape index (κ1) is 34.8. The van der Waals surface area contributed by atoms with Crippen LogP contribution < -0.4 is 10.6 Å². The average Bonchev–Trinajstić information content (AvgIpc) is 3.60. The van der Waals surface area contributed by atoms with E-state index in [1.807, 2.05) is 101 Å². The van der Waals surface area contributed by atoms with Crippen LogP contribution in [0.5, 0.6) is 0 Å². The molecule has 0 radical (unpaired) electrons. The van der Waals surface area contributed by atoms with Crippen molar-refractivity contribution >= 4 is 34.7 Å². The van der Waals surface area contributed by atoms with Crippen molar-refractivity contribution in [2.24, 2.45) is 5.41 Å². The Balaban J connectivity index is 0.000000208. The molecule has 0 aliphatic carbocycles. The zero-order chi connectivity index (χ0) is 32.9. The summed E-state index contributed by atoms with van der Waals surface area (Å²) in [7, 11) is 0. The summed E-state index contributed by atoms with van der Waals surface area (Å²) < 4.78 is 8.85. The molecule has 0 atom stereocenters. The summed E-state index contributed by atoms with van der Waals surface area (Å²) in [6.07, 6.45) is 6.91. The van der Waals surface area contributed by atoms with E-state index in [1.54, 1.807) is 35.1 Å². The van der Waals surface area contributed by atoms with Crippen LogP contribution in [-0.2, 0) is 30.6 Å². The van der Waals surface area contributed by atoms with Gasteiger partial charge in [-0.3, -0.25) is 28.9 Å². The first-order valence-corrected chi connectivity index (χ1v) is 14.7. The van der Waals surface area contributed by atoms with Gasteiger partial charge in [-0.15, -0.1) is 20.4 Å². The number of nitrogens with zero attached hydrogens (tertiary/aromatic N) is 8. The molecule has 6 aromatic heterocycles. The van der Waals surface area contributed by atoms with Crippen LogP contribution in [0.3, 0.4) is 0 Å². The molecule has 6 aromatic rings. The van der Waals surface area contributed by atoms with Gasteiger partial charge in [0.25, 0.3) is 0 Å². The molecule has 6 rings (SSSR count). The number of pyridine rings is 4. The predicted octanol–water partition coefficient (Wildman–Crippen LogP) is 6.30. The Morgan fingerprint density at radius 1 is 0.681 bits per heavy atom. The first-order valence-electron chi connectivity index (χ1n) is 14.7. The summed E-state index contributed by atoms with van der Waals surface area (Å²) in [6.45, 7) is 11.6. The van der Waals surface area contributed by atoms with Crippen molar-refractivity contribution < 1.29 is 35.4 Å². The van der Waals surface area contributed by atoms with E-state index in [-0.39, 0.29) is 32.4 Å². The first-order chi connectivity index (χ1) is 21.8. The number of hydrogen-bond donors (Lipinski definition) is 2. The third-order valence-electron chi connectivity index (χ3n) is 6.21. The van der Waals surface area contributed by atoms with Crippen molar-refractivity contribution in [3.05, 3.63) is 85.5 Å². The summed E-state index contributed by atoms with van der Waals surface area (Å²) >= 11 is 0. The zero-order valence-electron chi connectivity index (χ0n) is 26.9. The molecule has 6 heterocycles. The van der Waals surface area contributed by atoms with E-state index < -0.39 is 11.7 Å². The van der Waals surface area contributed by atoms with Gasteiger partial charge < -0.3 is 10.1 Å². The summed E-state index contributed by atoms with van der Waals surface area (Å²) in [5, 5.41) is 22.2. The third kappa shape index (κ3) is 9.49. The molecule has 47 heavy (non-hydrogen) atoms. The molecule has 0 spiro atoms. The minimum Gasteiger partial charge on any atom is -0.444 e. The van der Waals surface area contributed by atoms with Crippen molar-refractivity contribution in [1.82, 2.24) is 39.2 Å². The maximum absolute atomic E-state index is 12.1. The molecule has 2 amide bonds. The van der Waals surface area contributed by atoms with Gasteiger partial charge in [-0.25, -0.2) is 4.79 Å². The van der Waals surface area contributed by atoms with E-state index in [9.17, 15) is 9.59 Å². The van der Waals surface area contributed by atoms with Gasteiger partial charge in [0.1, 0.15) is 17.0 Å². The van der Waals surface area contributed by atoms with E-state index in [1.165, 1.54) is 0 Å². The maximum Gasteiger partial charge on any atom is 0.412 e. The Morgan fingerprint density at radius 3 is 1.60 bits per heavy atom. The summed E-state index contributed by atoms with van der Waals surface area (Å²) in [6, 6.07) is 18.4. The van der Waals surface area contributed by atoms with Crippen LogP contribution in [0.25, 0.3) is 34.3 Å². The van der Waals surface area contributed by atoms with E-state index in [4.69, 9.17) is 4.74 Å². The smallest absolute Gasteiger partial charge is 0.412 e. The van der Waals surface area contributed by atoms with Crippen molar-refractivity contribution in [2.75, 3.05) is 10.6 Å². The van der Waals surface area contributed by atoms with E-state index in [0.29, 0.717) is 46.4 Å². The van der Waals surface area contributed by atoms with Crippen LogP contribution in [0.2, 0.25) is 0 Å². The number of rotatable bonds is 5. The Morgan fingerprint density at radius 2 is 1.17 bits per heavy atom. The predicted molar refractivity (Wildman–Crippen MR) is 175 cm³/mol. The normalized spacial score (nSPS) is 11.3. The topological polar surface area (TPSA) is 154 Å². The number of hydrogen-bond acceptors (Lipinski definition) is 9. The van der Waals surface area contributed by atoms with Gasteiger partial charge in [0.15, 0.2) is 22.9 Å². The number of carbonyl (C=O) groups is 2. The Bertz CT molecular complexity index is 1820. The van der Waals surface area contributed by atoms with E-state index in [0.717, 1.165) is 5.69 Å². The van der Waals surface area contributed by atoms with Crippen molar-refractivity contribution in [2.45, 2.75) is 53.6 Å². The molecule has 0 saturated heterocycles. The molecule has 13 nitrogen and oxygen atoms in total. The number of amides is 2. The van der Waals surface area contributed by atoms with Gasteiger partial charge in [0, 0.05) is 52.3 Å². The van der Waals surface area contributed by atoms with Gasteiger partial charge in [-0.1, -0.05) is 32.9 Å². The third-order valence-corrected chi connectivity index (χ3v) is 6.21. The Kier molecular flexibility index (Phi) is 10.8. The van der Waals surface area contributed by atoms with Crippen LogP contribution in [-0.4, -0.2) is 56.8 Å².